The third kappa shape index (κ3) is 3.43. The zero-order valence-corrected chi connectivity index (χ0v) is 21.4. The number of fused-ring (bicyclic) bond motifs is 5. The summed E-state index contributed by atoms with van der Waals surface area (Å²) in [7, 11) is 0. The largest absolute Gasteiger partial charge is 0.393 e. The lowest BCUT2D eigenvalue weighted by atomic mass is 9.44. The van der Waals surface area contributed by atoms with E-state index < -0.39 is 23.7 Å². The maximum atomic E-state index is 13.5. The number of rotatable bonds is 8. The average molecular weight is 475 g/mol. The van der Waals surface area contributed by atoms with Crippen LogP contribution in [0.1, 0.15) is 66.7 Å². The van der Waals surface area contributed by atoms with Gasteiger partial charge in [0.2, 0.25) is 0 Å². The molecule has 0 radical (unpaired) electrons. The van der Waals surface area contributed by atoms with Crippen LogP contribution in [0.15, 0.2) is 23.8 Å². The molecule has 4 rings (SSSR count). The Bertz CT molecular complexity index is 878. The smallest absolute Gasteiger partial charge is 0.190 e. The Balaban J connectivity index is 1.82. The highest BCUT2D eigenvalue weighted by atomic mass is 16.7. The molecule has 0 aromatic carbocycles. The van der Waals surface area contributed by atoms with Crippen LogP contribution in [0.5, 0.6) is 0 Å². The molecule has 4 aliphatic carbocycles. The summed E-state index contributed by atoms with van der Waals surface area (Å²) in [5.41, 5.74) is -1.02. The van der Waals surface area contributed by atoms with Crippen molar-refractivity contribution < 1.29 is 29.3 Å². The number of hydrogen-bond donors (Lipinski definition) is 2. The van der Waals surface area contributed by atoms with Gasteiger partial charge in [0.1, 0.15) is 19.0 Å². The first kappa shape index (κ1) is 25.7. The van der Waals surface area contributed by atoms with Gasteiger partial charge in [-0.25, -0.2) is 0 Å². The predicted molar refractivity (Wildman–Crippen MR) is 129 cm³/mol. The zero-order valence-electron chi connectivity index (χ0n) is 21.4. The van der Waals surface area contributed by atoms with Crippen molar-refractivity contribution in [3.8, 4) is 0 Å². The lowest BCUT2D eigenvalue weighted by molar-refractivity contribution is -0.227. The molecule has 0 spiro atoms. The fourth-order valence-corrected chi connectivity index (χ4v) is 8.79. The zero-order chi connectivity index (χ0) is 24.9. The Kier molecular flexibility index (Phi) is 7.02. The topological polar surface area (TPSA) is 93.1 Å². The number of aliphatic hydroxyl groups excluding tert-OH is 2. The molecule has 2 N–H and O–H groups in total. The quantitative estimate of drug-likeness (QED) is 0.410. The lowest BCUT2D eigenvalue weighted by Gasteiger charge is -2.61. The van der Waals surface area contributed by atoms with E-state index >= 15 is 0 Å². The Morgan fingerprint density at radius 3 is 2.53 bits per heavy atom. The monoisotopic (exact) mass is 474 g/mol. The molecule has 3 fully saturated rings. The van der Waals surface area contributed by atoms with Crippen LogP contribution in [0.2, 0.25) is 0 Å². The molecule has 0 aromatic heterocycles. The number of carbonyl (C=O) groups excluding carboxylic acids is 2. The van der Waals surface area contributed by atoms with E-state index in [0.717, 1.165) is 31.3 Å². The first-order valence-electron chi connectivity index (χ1n) is 13.1. The predicted octanol–water partition coefficient (Wildman–Crippen LogP) is 3.85. The molecule has 0 heterocycles. The van der Waals surface area contributed by atoms with Gasteiger partial charge >= 0.3 is 0 Å². The Labute approximate surface area is 203 Å². The van der Waals surface area contributed by atoms with Gasteiger partial charge in [-0.15, -0.1) is 0 Å². The van der Waals surface area contributed by atoms with E-state index in [-0.39, 0.29) is 53.4 Å². The second kappa shape index (κ2) is 9.27. The van der Waals surface area contributed by atoms with Gasteiger partial charge in [-0.1, -0.05) is 45.8 Å². The number of aliphatic hydroxyl groups is 2. The molecule has 6 heteroatoms. The van der Waals surface area contributed by atoms with Gasteiger partial charge in [-0.3, -0.25) is 9.59 Å². The number of hydrogen-bond acceptors (Lipinski definition) is 6. The number of ether oxygens (including phenoxy) is 2. The second-order valence-corrected chi connectivity index (χ2v) is 11.4. The fourth-order valence-electron chi connectivity index (χ4n) is 8.79. The van der Waals surface area contributed by atoms with Gasteiger partial charge < -0.3 is 19.7 Å². The van der Waals surface area contributed by atoms with Gasteiger partial charge in [0.15, 0.2) is 11.6 Å². The van der Waals surface area contributed by atoms with Gasteiger partial charge in [-0.2, -0.15) is 0 Å². The first-order chi connectivity index (χ1) is 16.1. The highest BCUT2D eigenvalue weighted by Crippen LogP contribution is 2.70. The number of allylic oxidation sites excluding steroid dienone is 4. The molecule has 3 saturated carbocycles. The van der Waals surface area contributed by atoms with Crippen molar-refractivity contribution in [1.29, 1.82) is 0 Å². The highest BCUT2D eigenvalue weighted by Gasteiger charge is 2.72. The van der Waals surface area contributed by atoms with E-state index in [2.05, 4.69) is 27.7 Å². The molecule has 3 unspecified atom stereocenters. The molecular formula is C28H42O6. The number of ketones is 2. The summed E-state index contributed by atoms with van der Waals surface area (Å²) in [6, 6.07) is 0. The second-order valence-electron chi connectivity index (χ2n) is 11.4. The maximum Gasteiger partial charge on any atom is 0.190 e. The van der Waals surface area contributed by atoms with Crippen molar-refractivity contribution >= 4 is 11.6 Å². The third-order valence-corrected chi connectivity index (χ3v) is 10.1. The summed E-state index contributed by atoms with van der Waals surface area (Å²) in [4.78, 5) is 25.8. The molecule has 0 amide bonds. The molecule has 6 nitrogen and oxygen atoms in total. The van der Waals surface area contributed by atoms with E-state index in [0.29, 0.717) is 13.0 Å². The molecule has 0 aliphatic heterocycles. The molecular weight excluding hydrogens is 432 g/mol. The van der Waals surface area contributed by atoms with E-state index in [4.69, 9.17) is 9.47 Å². The van der Waals surface area contributed by atoms with Crippen LogP contribution in [0, 0.1) is 40.4 Å². The average Bonchev–Trinajstić information content (AvgIpc) is 3.06. The minimum absolute atomic E-state index is 0.00171. The summed E-state index contributed by atoms with van der Waals surface area (Å²) in [5.74, 6) is 0.284. The molecule has 0 bridgehead atoms. The summed E-state index contributed by atoms with van der Waals surface area (Å²) in [5, 5.41) is 21.8. The van der Waals surface area contributed by atoms with E-state index in [9.17, 15) is 19.8 Å². The van der Waals surface area contributed by atoms with Crippen LogP contribution in [-0.4, -0.2) is 53.5 Å². The van der Waals surface area contributed by atoms with Crippen molar-refractivity contribution in [2.24, 2.45) is 40.4 Å². The summed E-state index contributed by atoms with van der Waals surface area (Å²) >= 11 is 0. The number of Topliss-reactive ketones (excluding diaryl/α,β-unsaturated/α-hetero) is 1. The summed E-state index contributed by atoms with van der Waals surface area (Å²) in [6.45, 7) is 10.3. The van der Waals surface area contributed by atoms with Crippen molar-refractivity contribution in [3.05, 3.63) is 23.8 Å². The van der Waals surface area contributed by atoms with Crippen LogP contribution in [0.4, 0.5) is 0 Å². The molecule has 34 heavy (non-hydrogen) atoms. The van der Waals surface area contributed by atoms with E-state index in [1.807, 2.05) is 13.0 Å². The Hall–Kier alpha value is -1.34. The van der Waals surface area contributed by atoms with Crippen molar-refractivity contribution in [2.75, 3.05) is 20.0 Å². The van der Waals surface area contributed by atoms with Gasteiger partial charge in [0.25, 0.3) is 0 Å². The van der Waals surface area contributed by atoms with Crippen molar-refractivity contribution in [3.63, 3.8) is 0 Å². The maximum absolute atomic E-state index is 13.5. The van der Waals surface area contributed by atoms with Crippen molar-refractivity contribution in [1.82, 2.24) is 0 Å². The van der Waals surface area contributed by atoms with E-state index in [1.54, 1.807) is 12.2 Å². The Morgan fingerprint density at radius 1 is 1.18 bits per heavy atom. The van der Waals surface area contributed by atoms with Crippen LogP contribution in [-0.2, 0) is 19.1 Å². The minimum Gasteiger partial charge on any atom is -0.393 e. The minimum atomic E-state index is -1.18. The molecule has 0 saturated heterocycles. The van der Waals surface area contributed by atoms with Crippen LogP contribution in [0.25, 0.3) is 0 Å². The lowest BCUT2D eigenvalue weighted by Crippen LogP contribution is -2.64. The van der Waals surface area contributed by atoms with Gasteiger partial charge in [-0.05, 0) is 68.4 Å². The highest BCUT2D eigenvalue weighted by molar-refractivity contribution is 6.01. The van der Waals surface area contributed by atoms with Gasteiger partial charge in [0, 0.05) is 23.4 Å². The van der Waals surface area contributed by atoms with Gasteiger partial charge in [0.05, 0.1) is 6.10 Å². The third-order valence-electron chi connectivity index (χ3n) is 10.1. The summed E-state index contributed by atoms with van der Waals surface area (Å²) in [6.07, 6.45) is 8.68. The molecule has 9 atom stereocenters. The Morgan fingerprint density at radius 2 is 1.91 bits per heavy atom. The normalized spacial score (nSPS) is 45.4. The first-order valence-corrected chi connectivity index (χ1v) is 13.1. The standard InChI is InChI=1S/C28H42O6/c1-6-17-11-20-22-12-18(7-2)28(24(32)15-29,34-16-33-8-3)27(22,5)14-23(31)25(20)26(4)10-9-19(30)13-21(17)26/h9-10,13,17-18,20,22-23,25,29,31H,6-8,11-12,14-16H2,1-5H3/t17?,18?,20-,22-,23?,25+,26-,27-,28-/m0/s1. The SMILES string of the molecule is CCOCO[C@]1(C(=O)CO)C(CC)C[C@H]2[C@@H]3CC(CC)C4=CC(=O)C=C[C@]4(C)[C@H]3C(O)C[C@@]21C. The van der Waals surface area contributed by atoms with Crippen LogP contribution >= 0.6 is 0 Å². The van der Waals surface area contributed by atoms with E-state index in [1.165, 1.54) is 0 Å². The van der Waals surface area contributed by atoms with Crippen LogP contribution in [0.3, 0.4) is 0 Å². The molecule has 4 aliphatic rings. The fraction of sp³-hybridized carbons (Fsp3) is 0.786. The van der Waals surface area contributed by atoms with Crippen LogP contribution < -0.4 is 0 Å². The molecule has 0 aromatic rings. The number of carbonyl (C=O) groups is 2. The van der Waals surface area contributed by atoms with Crippen molar-refractivity contribution in [2.45, 2.75) is 78.4 Å². The summed E-state index contributed by atoms with van der Waals surface area (Å²) < 4.78 is 11.9. The molecule has 190 valence electrons.